The number of ether oxygens (including phenoxy) is 1. The van der Waals surface area contributed by atoms with E-state index in [2.05, 4.69) is 10.6 Å². The maximum atomic E-state index is 13.6. The van der Waals surface area contributed by atoms with E-state index in [1.165, 1.54) is 28.8 Å². The van der Waals surface area contributed by atoms with Gasteiger partial charge in [0.25, 0.3) is 0 Å². The summed E-state index contributed by atoms with van der Waals surface area (Å²) in [4.78, 5) is 12.1. The summed E-state index contributed by atoms with van der Waals surface area (Å²) in [5, 5.41) is 15.4. The second kappa shape index (κ2) is 11.0. The molecule has 0 radical (unpaired) electrons. The molecule has 1 fully saturated rings. The van der Waals surface area contributed by atoms with E-state index in [-0.39, 0.29) is 47.9 Å². The second-order valence-electron chi connectivity index (χ2n) is 8.42. The first-order chi connectivity index (χ1) is 17.2. The van der Waals surface area contributed by atoms with Crippen molar-refractivity contribution in [3.63, 3.8) is 0 Å². The van der Waals surface area contributed by atoms with Crippen molar-refractivity contribution in [2.75, 3.05) is 13.1 Å². The van der Waals surface area contributed by atoms with Gasteiger partial charge in [-0.3, -0.25) is 0 Å². The number of nitrogens with zero attached hydrogens (tertiary/aromatic N) is 2. The van der Waals surface area contributed by atoms with E-state index in [0.717, 1.165) is 5.56 Å². The van der Waals surface area contributed by atoms with Crippen LogP contribution in [-0.2, 0) is 16.6 Å². The molecule has 1 saturated heterocycles. The van der Waals surface area contributed by atoms with Crippen molar-refractivity contribution < 1.29 is 22.4 Å². The zero-order valence-corrected chi connectivity index (χ0v) is 21.1. The molecule has 11 heteroatoms. The van der Waals surface area contributed by atoms with Crippen LogP contribution in [0.2, 0.25) is 5.02 Å². The van der Waals surface area contributed by atoms with Crippen molar-refractivity contribution >= 4 is 27.7 Å². The highest BCUT2D eigenvalue weighted by Crippen LogP contribution is 2.34. The topological polar surface area (TPSA) is 125 Å². The summed E-state index contributed by atoms with van der Waals surface area (Å²) in [7, 11) is -3.97. The average molecular weight is 529 g/mol. The molecule has 3 aromatic rings. The maximum absolute atomic E-state index is 13.6. The van der Waals surface area contributed by atoms with Crippen molar-refractivity contribution in [2.45, 2.75) is 37.2 Å². The quantitative estimate of drug-likeness (QED) is 0.463. The molecule has 2 aromatic carbocycles. The van der Waals surface area contributed by atoms with Crippen LogP contribution in [0.25, 0.3) is 0 Å². The molecule has 2 N–H and O–H groups in total. The summed E-state index contributed by atoms with van der Waals surface area (Å²) in [6.45, 7) is 2.52. The number of carbonyl (C=O) groups excluding carboxylic acids is 1. The third-order valence-electron chi connectivity index (χ3n) is 5.73. The zero-order valence-electron chi connectivity index (χ0n) is 19.5. The Morgan fingerprint density at radius 1 is 1.22 bits per heavy atom. The lowest BCUT2D eigenvalue weighted by Gasteiger charge is -2.32. The fraction of sp³-hybridized carbons (Fsp3) is 0.280. The highest BCUT2D eigenvalue weighted by atomic mass is 35.5. The van der Waals surface area contributed by atoms with E-state index < -0.39 is 10.0 Å². The van der Waals surface area contributed by atoms with Gasteiger partial charge in [0.2, 0.25) is 10.0 Å². The van der Waals surface area contributed by atoms with Gasteiger partial charge in [0.05, 0.1) is 24.4 Å². The third-order valence-corrected chi connectivity index (χ3v) is 7.86. The summed E-state index contributed by atoms with van der Waals surface area (Å²) in [5.41, 5.74) is 1.06. The number of nitrogens with one attached hydrogen (secondary N) is 2. The molecule has 2 heterocycles. The molecule has 1 aliphatic heterocycles. The summed E-state index contributed by atoms with van der Waals surface area (Å²) in [6, 6.07) is 14.4. The molecule has 188 valence electrons. The van der Waals surface area contributed by atoms with Crippen LogP contribution in [0.5, 0.6) is 11.5 Å². The summed E-state index contributed by atoms with van der Waals surface area (Å²) >= 11 is 6.12. The van der Waals surface area contributed by atoms with Gasteiger partial charge in [0, 0.05) is 24.2 Å². The average Bonchev–Trinajstić information content (AvgIpc) is 3.36. The first kappa shape index (κ1) is 25.6. The number of amides is 2. The standard InChI is InChI=1S/C25H25ClN4O5S/c1-17-11-19(26)14-22(12-17)35-23-5-4-18(15-27)13-24(23)36(32,33)30-8-6-20(7-9-30)29-25(31)28-16-21-3-2-10-34-21/h2-5,10-14,20H,6-9,16H2,1H3,(H2,28,29,31). The first-order valence-corrected chi connectivity index (χ1v) is 13.1. The van der Waals surface area contributed by atoms with Gasteiger partial charge in [0.1, 0.15) is 22.2 Å². The number of halogens is 1. The molecule has 36 heavy (non-hydrogen) atoms. The highest BCUT2D eigenvalue weighted by molar-refractivity contribution is 7.89. The fourth-order valence-corrected chi connectivity index (χ4v) is 5.84. The second-order valence-corrected chi connectivity index (χ2v) is 10.8. The Morgan fingerprint density at radius 2 is 2.00 bits per heavy atom. The molecule has 1 aliphatic rings. The van der Waals surface area contributed by atoms with Gasteiger partial charge in [-0.25, -0.2) is 13.2 Å². The Morgan fingerprint density at radius 3 is 2.67 bits per heavy atom. The number of furan rings is 1. The van der Waals surface area contributed by atoms with Crippen molar-refractivity contribution in [3.8, 4) is 17.6 Å². The number of urea groups is 1. The van der Waals surface area contributed by atoms with E-state index in [1.54, 1.807) is 30.3 Å². The lowest BCUT2D eigenvalue weighted by molar-refractivity contribution is 0.226. The van der Waals surface area contributed by atoms with Gasteiger partial charge >= 0.3 is 6.03 Å². The summed E-state index contributed by atoms with van der Waals surface area (Å²) < 4.78 is 39.6. The molecule has 2 amide bonds. The molecule has 0 aliphatic carbocycles. The minimum absolute atomic E-state index is 0.0956. The van der Waals surface area contributed by atoms with Crippen molar-refractivity contribution in [3.05, 3.63) is 76.7 Å². The van der Waals surface area contributed by atoms with E-state index >= 15 is 0 Å². The molecule has 0 bridgehead atoms. The molecule has 0 spiro atoms. The van der Waals surface area contributed by atoms with Crippen LogP contribution in [0, 0.1) is 18.3 Å². The summed E-state index contributed by atoms with van der Waals surface area (Å²) in [6.07, 6.45) is 2.41. The van der Waals surface area contributed by atoms with E-state index in [1.807, 2.05) is 13.0 Å². The van der Waals surface area contributed by atoms with Crippen LogP contribution in [0.4, 0.5) is 4.79 Å². The van der Waals surface area contributed by atoms with Gasteiger partial charge in [-0.1, -0.05) is 11.6 Å². The van der Waals surface area contributed by atoms with Gasteiger partial charge in [-0.05, 0) is 73.9 Å². The number of benzene rings is 2. The van der Waals surface area contributed by atoms with Crippen LogP contribution in [-0.4, -0.2) is 37.9 Å². The highest BCUT2D eigenvalue weighted by Gasteiger charge is 2.32. The Kier molecular flexibility index (Phi) is 7.84. The fourth-order valence-electron chi connectivity index (χ4n) is 3.95. The van der Waals surface area contributed by atoms with Gasteiger partial charge in [-0.2, -0.15) is 9.57 Å². The van der Waals surface area contributed by atoms with Crippen molar-refractivity contribution in [1.82, 2.24) is 14.9 Å². The maximum Gasteiger partial charge on any atom is 0.315 e. The molecular formula is C25H25ClN4O5S. The molecule has 0 unspecified atom stereocenters. The van der Waals surface area contributed by atoms with Gasteiger partial charge in [-0.15, -0.1) is 0 Å². The SMILES string of the molecule is Cc1cc(Cl)cc(Oc2ccc(C#N)cc2S(=O)(=O)N2CCC(NC(=O)NCc3ccco3)CC2)c1. The Labute approximate surface area is 214 Å². The van der Waals surface area contributed by atoms with Crippen LogP contribution in [0.15, 0.2) is 64.1 Å². The number of piperidine rings is 1. The van der Waals surface area contributed by atoms with Crippen LogP contribution < -0.4 is 15.4 Å². The number of nitriles is 1. The lowest BCUT2D eigenvalue weighted by Crippen LogP contribution is -2.48. The predicted molar refractivity (Wildman–Crippen MR) is 133 cm³/mol. The number of sulfonamides is 1. The number of hydrogen-bond donors (Lipinski definition) is 2. The van der Waals surface area contributed by atoms with Crippen LogP contribution >= 0.6 is 11.6 Å². The summed E-state index contributed by atoms with van der Waals surface area (Å²) in [5.74, 6) is 1.13. The molecule has 0 saturated carbocycles. The van der Waals surface area contributed by atoms with E-state index in [4.69, 9.17) is 20.8 Å². The van der Waals surface area contributed by atoms with Crippen molar-refractivity contribution in [1.29, 1.82) is 5.26 Å². The number of rotatable bonds is 7. The molecule has 9 nitrogen and oxygen atoms in total. The number of hydrogen-bond acceptors (Lipinski definition) is 6. The molecule has 0 atom stereocenters. The molecular weight excluding hydrogens is 504 g/mol. The Hall–Kier alpha value is -3.52. The zero-order chi connectivity index (χ0) is 25.7. The molecule has 4 rings (SSSR count). The smallest absolute Gasteiger partial charge is 0.315 e. The van der Waals surface area contributed by atoms with Crippen LogP contribution in [0.3, 0.4) is 0 Å². The van der Waals surface area contributed by atoms with Gasteiger partial charge < -0.3 is 19.8 Å². The Balaban J connectivity index is 1.44. The number of carbonyl (C=O) groups is 1. The Bertz CT molecular complexity index is 1360. The largest absolute Gasteiger partial charge is 0.467 e. The van der Waals surface area contributed by atoms with E-state index in [9.17, 15) is 18.5 Å². The van der Waals surface area contributed by atoms with Crippen molar-refractivity contribution in [2.24, 2.45) is 0 Å². The minimum atomic E-state index is -3.97. The lowest BCUT2D eigenvalue weighted by atomic mass is 10.1. The normalized spacial score (nSPS) is 14.7. The predicted octanol–water partition coefficient (Wildman–Crippen LogP) is 4.56. The first-order valence-electron chi connectivity index (χ1n) is 11.3. The number of aryl methyl sites for hydroxylation is 1. The monoisotopic (exact) mass is 528 g/mol. The third kappa shape index (κ3) is 6.18. The molecule has 1 aromatic heterocycles. The van der Waals surface area contributed by atoms with Gasteiger partial charge in [0.15, 0.2) is 0 Å². The van der Waals surface area contributed by atoms with E-state index in [0.29, 0.717) is 29.4 Å². The minimum Gasteiger partial charge on any atom is -0.467 e. The van der Waals surface area contributed by atoms with Crippen LogP contribution in [0.1, 0.15) is 29.7 Å².